The molecular weight excluding hydrogens is 583 g/mol. The van der Waals surface area contributed by atoms with Crippen LogP contribution in [-0.2, 0) is 0 Å². The van der Waals surface area contributed by atoms with E-state index >= 15 is 0 Å². The Labute approximate surface area is 219 Å². The summed E-state index contributed by atoms with van der Waals surface area (Å²) in [6.07, 6.45) is 5.21. The maximum absolute atomic E-state index is 13.0. The lowest BCUT2D eigenvalue weighted by molar-refractivity contribution is -0.385. The minimum absolute atomic E-state index is 0.0370. The SMILES string of the molecule is O=[N+]([O-])c1ccncc1-c1cc(F)cc(F)c1.O=[N+]([O-])c1ccncc1Br.OB(O)c1cc(F)cc(F)c1. The molecule has 16 heteroatoms. The van der Waals surface area contributed by atoms with E-state index in [2.05, 4.69) is 25.9 Å². The van der Waals surface area contributed by atoms with Gasteiger partial charge in [0.25, 0.3) is 11.4 Å². The maximum Gasteiger partial charge on any atom is 0.488 e. The van der Waals surface area contributed by atoms with Crippen molar-refractivity contribution in [3.8, 4) is 11.1 Å². The van der Waals surface area contributed by atoms with E-state index in [0.717, 1.165) is 24.3 Å². The molecule has 2 heterocycles. The van der Waals surface area contributed by atoms with Crippen molar-refractivity contribution in [2.24, 2.45) is 0 Å². The largest absolute Gasteiger partial charge is 0.488 e. The van der Waals surface area contributed by atoms with Crippen molar-refractivity contribution < 1.29 is 37.5 Å². The molecule has 2 N–H and O–H groups in total. The van der Waals surface area contributed by atoms with Gasteiger partial charge in [-0.25, -0.2) is 17.6 Å². The van der Waals surface area contributed by atoms with Gasteiger partial charge in [0.1, 0.15) is 27.7 Å². The van der Waals surface area contributed by atoms with Crippen molar-refractivity contribution in [3.63, 3.8) is 0 Å². The van der Waals surface area contributed by atoms with E-state index in [4.69, 9.17) is 10.0 Å². The smallest absolute Gasteiger partial charge is 0.423 e. The molecule has 10 nitrogen and oxygen atoms in total. The van der Waals surface area contributed by atoms with Gasteiger partial charge in [0.2, 0.25) is 0 Å². The fourth-order valence-corrected chi connectivity index (χ4v) is 3.11. The van der Waals surface area contributed by atoms with E-state index < -0.39 is 40.2 Å². The lowest BCUT2D eigenvalue weighted by atomic mass is 9.80. The minimum atomic E-state index is -1.83. The molecule has 0 unspecified atom stereocenters. The first kappa shape index (κ1) is 30.0. The summed E-state index contributed by atoms with van der Waals surface area (Å²) in [6.45, 7) is 0. The summed E-state index contributed by atoms with van der Waals surface area (Å²) in [5, 5.41) is 37.9. The summed E-state index contributed by atoms with van der Waals surface area (Å²) in [5.41, 5.74) is -0.235. The van der Waals surface area contributed by atoms with Gasteiger partial charge in [-0.1, -0.05) is 0 Å². The van der Waals surface area contributed by atoms with Gasteiger partial charge in [0, 0.05) is 49.1 Å². The molecule has 4 rings (SSSR count). The van der Waals surface area contributed by atoms with Crippen LogP contribution in [0.25, 0.3) is 11.1 Å². The van der Waals surface area contributed by atoms with Gasteiger partial charge in [-0.2, -0.15) is 0 Å². The van der Waals surface area contributed by atoms with Crippen LogP contribution in [0.15, 0.2) is 77.8 Å². The standard InChI is InChI=1S/C11H6F2N2O2.C6H5BF2O2.C5H3BrN2O2/c12-8-3-7(4-9(13)5-8)10-6-14-2-1-11(10)15(16)17;8-5-1-4(7(10)11)2-6(9)3-5;6-4-3-7-2-1-5(4)8(9)10/h1-6H;1-3,10-11H;1-3H. The van der Waals surface area contributed by atoms with Gasteiger partial charge >= 0.3 is 7.12 Å². The average molecular weight is 597 g/mol. The van der Waals surface area contributed by atoms with Crippen molar-refractivity contribution in [3.05, 3.63) is 121 Å². The molecule has 2 aromatic heterocycles. The van der Waals surface area contributed by atoms with Crippen molar-refractivity contribution >= 4 is 39.9 Å². The number of rotatable bonds is 4. The van der Waals surface area contributed by atoms with Crippen LogP contribution in [0, 0.1) is 43.5 Å². The normalized spacial score (nSPS) is 9.87. The highest BCUT2D eigenvalue weighted by atomic mass is 79.9. The highest BCUT2D eigenvalue weighted by Gasteiger charge is 2.16. The van der Waals surface area contributed by atoms with E-state index in [-0.39, 0.29) is 28.0 Å². The zero-order valence-electron chi connectivity index (χ0n) is 18.7. The quantitative estimate of drug-likeness (QED) is 0.153. The summed E-state index contributed by atoms with van der Waals surface area (Å²) < 4.78 is 51.1. The van der Waals surface area contributed by atoms with E-state index in [0.29, 0.717) is 16.6 Å². The molecule has 0 bridgehead atoms. The molecule has 2 aromatic carbocycles. The Hall–Kier alpha value is -4.28. The Kier molecular flexibility index (Phi) is 10.9. The van der Waals surface area contributed by atoms with Gasteiger partial charge in [0.15, 0.2) is 0 Å². The van der Waals surface area contributed by atoms with E-state index in [9.17, 15) is 37.8 Å². The van der Waals surface area contributed by atoms with Crippen LogP contribution in [0.4, 0.5) is 28.9 Å². The lowest BCUT2D eigenvalue weighted by Crippen LogP contribution is -2.30. The maximum atomic E-state index is 13.0. The summed E-state index contributed by atoms with van der Waals surface area (Å²) in [7, 11) is -1.83. The first-order valence-corrected chi connectivity index (χ1v) is 10.8. The first-order valence-electron chi connectivity index (χ1n) is 10.00. The highest BCUT2D eigenvalue weighted by Crippen LogP contribution is 2.29. The Balaban J connectivity index is 0.000000211. The number of halogens is 5. The molecule has 0 aliphatic heterocycles. The molecule has 196 valence electrons. The molecule has 0 aliphatic carbocycles. The molecule has 0 saturated heterocycles. The van der Waals surface area contributed by atoms with Gasteiger partial charge in [-0.3, -0.25) is 30.2 Å². The average Bonchev–Trinajstić information content (AvgIpc) is 2.84. The van der Waals surface area contributed by atoms with Crippen molar-refractivity contribution in [1.29, 1.82) is 0 Å². The third kappa shape index (κ3) is 8.99. The molecule has 0 fully saturated rings. The number of hydrogen-bond donors (Lipinski definition) is 2. The molecular formula is C22H14BBrF4N4O6. The third-order valence-corrected chi connectivity index (χ3v) is 4.91. The minimum Gasteiger partial charge on any atom is -0.423 e. The fourth-order valence-electron chi connectivity index (χ4n) is 2.72. The third-order valence-electron chi connectivity index (χ3n) is 4.30. The number of nitro groups is 2. The van der Waals surface area contributed by atoms with Crippen LogP contribution in [0.3, 0.4) is 0 Å². The second-order valence-corrected chi connectivity index (χ2v) is 7.82. The van der Waals surface area contributed by atoms with Gasteiger partial charge in [-0.15, -0.1) is 0 Å². The first-order chi connectivity index (χ1) is 17.9. The number of aromatic nitrogens is 2. The van der Waals surface area contributed by atoms with Crippen LogP contribution in [0.1, 0.15) is 0 Å². The van der Waals surface area contributed by atoms with Crippen LogP contribution < -0.4 is 5.46 Å². The Morgan fingerprint density at radius 3 is 1.61 bits per heavy atom. The molecule has 0 amide bonds. The second-order valence-electron chi connectivity index (χ2n) is 6.97. The second kappa shape index (κ2) is 13.9. The van der Waals surface area contributed by atoms with Crippen LogP contribution in [0.2, 0.25) is 0 Å². The monoisotopic (exact) mass is 596 g/mol. The van der Waals surface area contributed by atoms with E-state index in [1.54, 1.807) is 0 Å². The van der Waals surface area contributed by atoms with Crippen molar-refractivity contribution in [2.45, 2.75) is 0 Å². The molecule has 0 aliphatic rings. The highest BCUT2D eigenvalue weighted by molar-refractivity contribution is 9.10. The van der Waals surface area contributed by atoms with Gasteiger partial charge < -0.3 is 10.0 Å². The molecule has 4 aromatic rings. The fraction of sp³-hybridized carbons (Fsp3) is 0. The van der Waals surface area contributed by atoms with E-state index in [1.165, 1.54) is 36.9 Å². The number of nitrogens with zero attached hydrogens (tertiary/aromatic N) is 4. The molecule has 0 spiro atoms. The Morgan fingerprint density at radius 1 is 0.737 bits per heavy atom. The zero-order chi connectivity index (χ0) is 28.4. The Morgan fingerprint density at radius 2 is 1.18 bits per heavy atom. The molecule has 0 atom stereocenters. The number of pyridine rings is 2. The topological polar surface area (TPSA) is 153 Å². The molecule has 38 heavy (non-hydrogen) atoms. The van der Waals surface area contributed by atoms with Crippen LogP contribution in [-0.4, -0.2) is 37.0 Å². The van der Waals surface area contributed by atoms with E-state index in [1.807, 2.05) is 0 Å². The summed E-state index contributed by atoms with van der Waals surface area (Å²) >= 11 is 2.99. The Bertz CT molecular complexity index is 1410. The molecule has 0 saturated carbocycles. The summed E-state index contributed by atoms with van der Waals surface area (Å²) in [6, 6.07) is 7.63. The lowest BCUT2D eigenvalue weighted by Gasteiger charge is -2.02. The number of hydrogen-bond acceptors (Lipinski definition) is 8. The van der Waals surface area contributed by atoms with Crippen LogP contribution >= 0.6 is 15.9 Å². The summed E-state index contributed by atoms with van der Waals surface area (Å²) in [5.74, 6) is -3.24. The number of benzene rings is 2. The van der Waals surface area contributed by atoms with Gasteiger partial charge in [-0.05, 0) is 51.2 Å². The molecule has 0 radical (unpaired) electrons. The van der Waals surface area contributed by atoms with Crippen LogP contribution in [0.5, 0.6) is 0 Å². The van der Waals surface area contributed by atoms with Crippen molar-refractivity contribution in [2.75, 3.05) is 0 Å². The zero-order valence-corrected chi connectivity index (χ0v) is 20.3. The predicted octanol–water partition coefficient (Wildman–Crippen LogP) is 4.33. The summed E-state index contributed by atoms with van der Waals surface area (Å²) in [4.78, 5) is 27.2. The van der Waals surface area contributed by atoms with Gasteiger partial charge in [0.05, 0.1) is 15.4 Å². The van der Waals surface area contributed by atoms with Crippen molar-refractivity contribution in [1.82, 2.24) is 9.97 Å². The predicted molar refractivity (Wildman–Crippen MR) is 131 cm³/mol.